The molecule has 0 saturated heterocycles. The molecule has 7 aromatic carbocycles. The second-order valence-corrected chi connectivity index (χ2v) is 19.3. The van der Waals surface area contributed by atoms with Gasteiger partial charge in [-0.3, -0.25) is 0 Å². The standard InChI is InChI=1S/C48H37N3OSi/c1-53(2,3)41-25-22-32(23-26-41)34-14-9-15-35(28-34)36-16-10-17-37(29-36)38-18-11-19-39(30-38)47-49-46(33-12-5-4-6-13-33)50-48(51-47)40-24-27-43-42-20-7-8-21-44(42)52-45(43)31-40/h4-31H,1-3H3/i4D,5D,6D,12D,13D. The first-order valence-electron chi connectivity index (χ1n) is 20.1. The van der Waals surface area contributed by atoms with E-state index in [2.05, 4.69) is 92.4 Å². The summed E-state index contributed by atoms with van der Waals surface area (Å²) in [5.74, 6) is 0.544. The molecule has 5 heteroatoms. The van der Waals surface area contributed by atoms with Crippen LogP contribution in [0.3, 0.4) is 0 Å². The summed E-state index contributed by atoms with van der Waals surface area (Å²) < 4.78 is 48.5. The number of hydrogen-bond acceptors (Lipinski definition) is 4. The SMILES string of the molecule is [2H]c1c([2H])c([2H])c(-c2nc(-c3cccc(-c4cccc(-c5cccc(-c6ccc([Si](C)(C)C)cc6)c5)c4)c3)nc(-c3ccc4c(c3)oc3ccccc34)n2)c([2H])c1[2H]. The van der Waals surface area contributed by atoms with Gasteiger partial charge in [0.25, 0.3) is 0 Å². The van der Waals surface area contributed by atoms with E-state index in [9.17, 15) is 0 Å². The second-order valence-electron chi connectivity index (χ2n) is 14.2. The van der Waals surface area contributed by atoms with Gasteiger partial charge in [-0.15, -0.1) is 0 Å². The van der Waals surface area contributed by atoms with Crippen molar-refractivity contribution in [3.05, 3.63) is 170 Å². The van der Waals surface area contributed by atoms with E-state index in [-0.39, 0.29) is 29.3 Å². The highest BCUT2D eigenvalue weighted by Gasteiger charge is 2.17. The summed E-state index contributed by atoms with van der Waals surface area (Å²) in [5.41, 5.74) is 9.08. The number of para-hydroxylation sites is 1. The molecule has 0 unspecified atom stereocenters. The van der Waals surface area contributed by atoms with E-state index in [1.165, 1.54) is 10.8 Å². The van der Waals surface area contributed by atoms with Gasteiger partial charge in [-0.1, -0.05) is 158 Å². The van der Waals surface area contributed by atoms with Crippen LogP contribution in [-0.4, -0.2) is 23.0 Å². The van der Waals surface area contributed by atoms with Crippen LogP contribution in [0.25, 0.3) is 89.5 Å². The van der Waals surface area contributed by atoms with Crippen LogP contribution in [0.4, 0.5) is 0 Å². The average Bonchev–Trinajstić information content (AvgIpc) is 3.63. The minimum atomic E-state index is -1.40. The second kappa shape index (κ2) is 13.3. The zero-order valence-corrected chi connectivity index (χ0v) is 30.5. The number of hydrogen-bond donors (Lipinski definition) is 0. The van der Waals surface area contributed by atoms with E-state index in [0.717, 1.165) is 44.2 Å². The van der Waals surface area contributed by atoms with Crippen molar-refractivity contribution in [2.24, 2.45) is 0 Å². The van der Waals surface area contributed by atoms with Gasteiger partial charge in [-0.25, -0.2) is 15.0 Å². The normalized spacial score (nSPS) is 13.0. The van der Waals surface area contributed by atoms with Gasteiger partial charge in [0.2, 0.25) is 0 Å². The van der Waals surface area contributed by atoms with Crippen molar-refractivity contribution in [1.29, 1.82) is 0 Å². The molecule has 0 aliphatic heterocycles. The van der Waals surface area contributed by atoms with E-state index in [1.54, 1.807) is 0 Å². The highest BCUT2D eigenvalue weighted by Crippen LogP contribution is 2.34. The molecule has 0 atom stereocenters. The fourth-order valence-electron chi connectivity index (χ4n) is 6.73. The maximum Gasteiger partial charge on any atom is 0.164 e. The van der Waals surface area contributed by atoms with Crippen LogP contribution >= 0.6 is 0 Å². The van der Waals surface area contributed by atoms with Crippen molar-refractivity contribution in [3.8, 4) is 67.5 Å². The molecule has 0 radical (unpaired) electrons. The lowest BCUT2D eigenvalue weighted by Gasteiger charge is -2.17. The summed E-state index contributed by atoms with van der Waals surface area (Å²) in [7, 11) is -1.40. The Morgan fingerprint density at radius 1 is 0.415 bits per heavy atom. The Morgan fingerprint density at radius 3 is 1.49 bits per heavy atom. The van der Waals surface area contributed by atoms with Crippen molar-refractivity contribution >= 4 is 35.2 Å². The number of benzene rings is 7. The third kappa shape index (κ3) is 6.48. The van der Waals surface area contributed by atoms with E-state index in [1.807, 2.05) is 66.7 Å². The molecule has 2 heterocycles. The van der Waals surface area contributed by atoms with E-state index in [4.69, 9.17) is 26.2 Å². The molecule has 0 saturated carbocycles. The zero-order chi connectivity index (χ0) is 40.3. The van der Waals surface area contributed by atoms with Crippen LogP contribution < -0.4 is 5.19 Å². The highest BCUT2D eigenvalue weighted by molar-refractivity contribution is 6.88. The third-order valence-electron chi connectivity index (χ3n) is 9.59. The number of furan rings is 1. The summed E-state index contributed by atoms with van der Waals surface area (Å²) in [4.78, 5) is 14.4. The van der Waals surface area contributed by atoms with Gasteiger partial charge in [0.1, 0.15) is 11.2 Å². The van der Waals surface area contributed by atoms with Gasteiger partial charge >= 0.3 is 0 Å². The first kappa shape index (κ1) is 27.2. The Morgan fingerprint density at radius 2 is 0.887 bits per heavy atom. The summed E-state index contributed by atoms with van der Waals surface area (Å²) >= 11 is 0. The fraction of sp³-hybridized carbons (Fsp3) is 0.0625. The van der Waals surface area contributed by atoms with Crippen molar-refractivity contribution < 1.29 is 11.3 Å². The molecule has 0 bridgehead atoms. The fourth-order valence-corrected chi connectivity index (χ4v) is 7.90. The molecule has 2 aromatic heterocycles. The first-order valence-corrected chi connectivity index (χ1v) is 21.1. The van der Waals surface area contributed by atoms with Gasteiger partial charge in [0.15, 0.2) is 17.5 Å². The molecule has 9 rings (SSSR count). The summed E-state index contributed by atoms with van der Waals surface area (Å²) in [6.45, 7) is 7.08. The molecule has 4 nitrogen and oxygen atoms in total. The first-order chi connectivity index (χ1) is 27.9. The maximum absolute atomic E-state index is 8.74. The number of aromatic nitrogens is 3. The quantitative estimate of drug-likeness (QED) is 0.155. The van der Waals surface area contributed by atoms with E-state index >= 15 is 0 Å². The Kier molecular flexibility index (Phi) is 6.83. The molecule has 9 aromatic rings. The van der Waals surface area contributed by atoms with Crippen molar-refractivity contribution in [1.82, 2.24) is 15.0 Å². The van der Waals surface area contributed by atoms with Crippen LogP contribution in [-0.2, 0) is 0 Å². The molecule has 0 aliphatic rings. The Bertz CT molecular complexity index is 3040. The lowest BCUT2D eigenvalue weighted by atomic mass is 9.95. The van der Waals surface area contributed by atoms with Gasteiger partial charge in [0.05, 0.1) is 14.9 Å². The molecular weight excluding hydrogens is 663 g/mol. The largest absolute Gasteiger partial charge is 0.456 e. The van der Waals surface area contributed by atoms with E-state index in [0.29, 0.717) is 22.5 Å². The monoisotopic (exact) mass is 704 g/mol. The third-order valence-corrected chi connectivity index (χ3v) is 11.7. The number of fused-ring (bicyclic) bond motifs is 3. The smallest absolute Gasteiger partial charge is 0.164 e. The van der Waals surface area contributed by atoms with Crippen LogP contribution in [0.2, 0.25) is 19.6 Å². The van der Waals surface area contributed by atoms with Crippen LogP contribution in [0.1, 0.15) is 6.85 Å². The lowest BCUT2D eigenvalue weighted by molar-refractivity contribution is 0.669. The molecule has 53 heavy (non-hydrogen) atoms. The van der Waals surface area contributed by atoms with Crippen molar-refractivity contribution in [2.45, 2.75) is 19.6 Å². The summed E-state index contributed by atoms with van der Waals surface area (Å²) in [6, 6.07) is 45.2. The Hall–Kier alpha value is -6.43. The minimum absolute atomic E-state index is 0.0240. The molecule has 0 amide bonds. The van der Waals surface area contributed by atoms with Gasteiger partial charge in [-0.2, -0.15) is 0 Å². The van der Waals surface area contributed by atoms with Crippen LogP contribution in [0, 0.1) is 0 Å². The van der Waals surface area contributed by atoms with Gasteiger partial charge < -0.3 is 4.42 Å². The van der Waals surface area contributed by atoms with Crippen molar-refractivity contribution in [2.75, 3.05) is 0 Å². The van der Waals surface area contributed by atoms with Crippen LogP contribution in [0.15, 0.2) is 174 Å². The highest BCUT2D eigenvalue weighted by atomic mass is 28.3. The predicted octanol–water partition coefficient (Wildman–Crippen LogP) is 12.3. The molecular formula is C48H37N3OSi. The maximum atomic E-state index is 8.74. The Labute approximate surface area is 317 Å². The zero-order valence-electron chi connectivity index (χ0n) is 34.5. The summed E-state index contributed by atoms with van der Waals surface area (Å²) in [6.07, 6.45) is 0. The van der Waals surface area contributed by atoms with Gasteiger partial charge in [-0.05, 0) is 69.8 Å². The minimum Gasteiger partial charge on any atom is -0.456 e. The molecule has 0 aliphatic carbocycles. The molecule has 0 spiro atoms. The lowest BCUT2D eigenvalue weighted by Crippen LogP contribution is -2.37. The molecule has 0 fully saturated rings. The Balaban J connectivity index is 1.13. The van der Waals surface area contributed by atoms with Gasteiger partial charge in [0, 0.05) is 27.5 Å². The predicted molar refractivity (Wildman–Crippen MR) is 223 cm³/mol. The number of nitrogens with zero attached hydrogens (tertiary/aromatic N) is 3. The average molecular weight is 705 g/mol. The molecule has 254 valence electrons. The number of rotatable bonds is 7. The molecule has 0 N–H and O–H groups in total. The topological polar surface area (TPSA) is 51.8 Å². The van der Waals surface area contributed by atoms with Crippen molar-refractivity contribution in [3.63, 3.8) is 0 Å². The summed E-state index contributed by atoms with van der Waals surface area (Å²) in [5, 5.41) is 3.36. The van der Waals surface area contributed by atoms with Crippen LogP contribution in [0.5, 0.6) is 0 Å². The van der Waals surface area contributed by atoms with E-state index < -0.39 is 26.2 Å².